The summed E-state index contributed by atoms with van der Waals surface area (Å²) >= 11 is 0. The maximum atomic E-state index is 11.4. The van der Waals surface area contributed by atoms with Crippen LogP contribution in [0.1, 0.15) is 33.6 Å². The van der Waals surface area contributed by atoms with Crippen molar-refractivity contribution in [2.45, 2.75) is 45.2 Å². The van der Waals surface area contributed by atoms with Crippen LogP contribution in [0.25, 0.3) is 0 Å². The molecule has 0 aromatic heterocycles. The topological polar surface area (TPSA) is 49.8 Å². The lowest BCUT2D eigenvalue weighted by molar-refractivity contribution is -0.156. The quantitative estimate of drug-likeness (QED) is 0.720. The first kappa shape index (κ1) is 13.5. The van der Waals surface area contributed by atoms with Gasteiger partial charge in [-0.25, -0.2) is 0 Å². The van der Waals surface area contributed by atoms with Crippen molar-refractivity contribution in [1.29, 1.82) is 0 Å². The lowest BCUT2D eigenvalue weighted by atomic mass is 9.98. The molecule has 0 heterocycles. The fourth-order valence-electron chi connectivity index (χ4n) is 2.11. The summed E-state index contributed by atoms with van der Waals surface area (Å²) in [6.45, 7) is 6.93. The van der Waals surface area contributed by atoms with Crippen molar-refractivity contribution in [2.24, 2.45) is 5.92 Å². The van der Waals surface area contributed by atoms with Crippen LogP contribution < -0.4 is 0 Å². The second-order valence-corrected chi connectivity index (χ2v) is 5.20. The average molecular weight is 229 g/mol. The number of hydrogen-bond acceptors (Lipinski definition) is 3. The molecule has 1 rings (SSSR count). The fraction of sp³-hybridized carbons (Fsp3) is 0.917. The van der Waals surface area contributed by atoms with Gasteiger partial charge in [-0.2, -0.15) is 0 Å². The van der Waals surface area contributed by atoms with E-state index in [4.69, 9.17) is 4.74 Å². The largest absolute Gasteiger partial charge is 0.480 e. The number of carbonyl (C=O) groups is 1. The number of carboxylic acids is 1. The van der Waals surface area contributed by atoms with Crippen LogP contribution in [0.4, 0.5) is 0 Å². The van der Waals surface area contributed by atoms with Gasteiger partial charge >= 0.3 is 5.97 Å². The third kappa shape index (κ3) is 2.95. The fourth-order valence-corrected chi connectivity index (χ4v) is 2.11. The SMILES string of the molecule is COCC(C)(C(=O)O)N(CC1CC1)C(C)C. The maximum absolute atomic E-state index is 11.4. The Morgan fingerprint density at radius 3 is 2.44 bits per heavy atom. The number of hydrogen-bond donors (Lipinski definition) is 1. The molecule has 0 aliphatic heterocycles. The van der Waals surface area contributed by atoms with E-state index in [1.54, 1.807) is 14.0 Å². The molecule has 1 fully saturated rings. The molecule has 1 atom stereocenters. The Morgan fingerprint density at radius 1 is 1.56 bits per heavy atom. The van der Waals surface area contributed by atoms with Crippen molar-refractivity contribution in [3.63, 3.8) is 0 Å². The highest BCUT2D eigenvalue weighted by atomic mass is 16.5. The Labute approximate surface area is 97.6 Å². The van der Waals surface area contributed by atoms with Gasteiger partial charge in [0, 0.05) is 19.7 Å². The van der Waals surface area contributed by atoms with Crippen molar-refractivity contribution in [1.82, 2.24) is 4.90 Å². The molecular formula is C12H23NO3. The predicted molar refractivity (Wildman–Crippen MR) is 62.5 cm³/mol. The van der Waals surface area contributed by atoms with E-state index >= 15 is 0 Å². The monoisotopic (exact) mass is 229 g/mol. The normalized spacial score (nSPS) is 20.1. The Hall–Kier alpha value is -0.610. The first-order valence-corrected chi connectivity index (χ1v) is 5.91. The van der Waals surface area contributed by atoms with Gasteiger partial charge in [-0.05, 0) is 39.5 Å². The number of methoxy groups -OCH3 is 1. The van der Waals surface area contributed by atoms with Gasteiger partial charge in [0.1, 0.15) is 5.54 Å². The average Bonchev–Trinajstić information content (AvgIpc) is 2.97. The smallest absolute Gasteiger partial charge is 0.326 e. The molecule has 0 amide bonds. The van der Waals surface area contributed by atoms with Gasteiger partial charge in [-0.15, -0.1) is 0 Å². The zero-order chi connectivity index (χ0) is 12.3. The van der Waals surface area contributed by atoms with Crippen LogP contribution in [-0.2, 0) is 9.53 Å². The first-order chi connectivity index (χ1) is 7.41. The van der Waals surface area contributed by atoms with Crippen LogP contribution >= 0.6 is 0 Å². The van der Waals surface area contributed by atoms with Gasteiger partial charge in [0.15, 0.2) is 0 Å². The van der Waals surface area contributed by atoms with E-state index in [2.05, 4.69) is 4.90 Å². The van der Waals surface area contributed by atoms with E-state index in [0.717, 1.165) is 6.54 Å². The summed E-state index contributed by atoms with van der Waals surface area (Å²) in [6, 6.07) is 0.219. The molecule has 1 saturated carbocycles. The van der Waals surface area contributed by atoms with E-state index < -0.39 is 11.5 Å². The lowest BCUT2D eigenvalue weighted by Gasteiger charge is -2.40. The van der Waals surface area contributed by atoms with Crippen molar-refractivity contribution >= 4 is 5.97 Å². The predicted octanol–water partition coefficient (Wildman–Crippen LogP) is 1.60. The van der Waals surface area contributed by atoms with Gasteiger partial charge in [0.2, 0.25) is 0 Å². The molecule has 1 N–H and O–H groups in total. The summed E-state index contributed by atoms with van der Waals surface area (Å²) < 4.78 is 5.08. The summed E-state index contributed by atoms with van der Waals surface area (Å²) in [5, 5.41) is 9.39. The van der Waals surface area contributed by atoms with E-state index in [1.807, 2.05) is 13.8 Å². The van der Waals surface area contributed by atoms with E-state index in [1.165, 1.54) is 12.8 Å². The standard InChI is InChI=1S/C12H23NO3/c1-9(2)13(7-10-5-6-10)12(3,8-16-4)11(14)15/h9-10H,5-8H2,1-4H3,(H,14,15). The van der Waals surface area contributed by atoms with Gasteiger partial charge in [-0.3, -0.25) is 9.69 Å². The second-order valence-electron chi connectivity index (χ2n) is 5.20. The van der Waals surface area contributed by atoms with Crippen molar-refractivity contribution in [2.75, 3.05) is 20.3 Å². The van der Waals surface area contributed by atoms with Crippen LogP contribution in [0.15, 0.2) is 0 Å². The van der Waals surface area contributed by atoms with Crippen molar-refractivity contribution in [3.05, 3.63) is 0 Å². The zero-order valence-corrected chi connectivity index (χ0v) is 10.7. The van der Waals surface area contributed by atoms with Crippen molar-refractivity contribution < 1.29 is 14.6 Å². The minimum Gasteiger partial charge on any atom is -0.480 e. The van der Waals surface area contributed by atoms with Gasteiger partial charge in [0.05, 0.1) is 6.61 Å². The summed E-state index contributed by atoms with van der Waals surface area (Å²) in [4.78, 5) is 13.5. The summed E-state index contributed by atoms with van der Waals surface area (Å²) in [6.07, 6.45) is 2.46. The number of nitrogens with zero attached hydrogens (tertiary/aromatic N) is 1. The van der Waals surface area contributed by atoms with Crippen LogP contribution in [-0.4, -0.2) is 47.8 Å². The molecule has 1 aliphatic rings. The van der Waals surface area contributed by atoms with Crippen LogP contribution in [0, 0.1) is 5.92 Å². The molecule has 1 aliphatic carbocycles. The highest BCUT2D eigenvalue weighted by Gasteiger charge is 2.43. The maximum Gasteiger partial charge on any atom is 0.326 e. The molecule has 16 heavy (non-hydrogen) atoms. The molecule has 94 valence electrons. The summed E-state index contributed by atoms with van der Waals surface area (Å²) in [7, 11) is 1.55. The molecule has 0 bridgehead atoms. The second kappa shape index (κ2) is 5.15. The highest BCUT2D eigenvalue weighted by molar-refractivity contribution is 5.78. The zero-order valence-electron chi connectivity index (χ0n) is 10.7. The van der Waals surface area contributed by atoms with Crippen molar-refractivity contribution in [3.8, 4) is 0 Å². The third-order valence-electron chi connectivity index (χ3n) is 3.30. The van der Waals surface area contributed by atoms with Crippen LogP contribution in [0.3, 0.4) is 0 Å². The van der Waals surface area contributed by atoms with E-state index in [-0.39, 0.29) is 12.6 Å². The molecule has 0 aromatic carbocycles. The Balaban J connectivity index is 2.80. The molecule has 0 spiro atoms. The molecule has 4 nitrogen and oxygen atoms in total. The first-order valence-electron chi connectivity index (χ1n) is 5.91. The minimum atomic E-state index is -0.911. The van der Waals surface area contributed by atoms with Crippen LogP contribution in [0.5, 0.6) is 0 Å². The van der Waals surface area contributed by atoms with E-state index in [0.29, 0.717) is 5.92 Å². The molecule has 1 unspecified atom stereocenters. The molecule has 0 saturated heterocycles. The Bertz CT molecular complexity index is 251. The van der Waals surface area contributed by atoms with Gasteiger partial charge in [-0.1, -0.05) is 0 Å². The number of ether oxygens (including phenoxy) is 1. The number of rotatable bonds is 7. The van der Waals surface area contributed by atoms with Gasteiger partial charge < -0.3 is 9.84 Å². The van der Waals surface area contributed by atoms with Crippen LogP contribution in [0.2, 0.25) is 0 Å². The molecular weight excluding hydrogens is 206 g/mol. The van der Waals surface area contributed by atoms with E-state index in [9.17, 15) is 9.90 Å². The molecule has 0 aromatic rings. The lowest BCUT2D eigenvalue weighted by Crippen LogP contribution is -2.58. The Morgan fingerprint density at radius 2 is 2.12 bits per heavy atom. The third-order valence-corrected chi connectivity index (χ3v) is 3.30. The number of carboxylic acid groups (broad SMARTS) is 1. The molecule has 4 heteroatoms. The highest BCUT2D eigenvalue weighted by Crippen LogP contribution is 2.33. The summed E-state index contributed by atoms with van der Waals surface area (Å²) in [5.41, 5.74) is -0.911. The minimum absolute atomic E-state index is 0.219. The van der Waals surface area contributed by atoms with Gasteiger partial charge in [0.25, 0.3) is 0 Å². The number of aliphatic carboxylic acids is 1. The Kier molecular flexibility index (Phi) is 4.33. The molecule has 0 radical (unpaired) electrons. The summed E-state index contributed by atoms with van der Waals surface area (Å²) in [5.74, 6) is -0.123.